The molecule has 13 heteroatoms. The number of imidazole rings is 1. The predicted octanol–water partition coefficient (Wildman–Crippen LogP) is 4.55. The maximum absolute atomic E-state index is 13.2. The minimum absolute atomic E-state index is 0.101. The molecule has 2 aliphatic rings. The Morgan fingerprint density at radius 1 is 1.18 bits per heavy atom. The molecule has 2 N–H and O–H groups in total. The summed E-state index contributed by atoms with van der Waals surface area (Å²) in [5.41, 5.74) is 5.25. The van der Waals surface area contributed by atoms with Crippen LogP contribution in [0.5, 0.6) is 0 Å². The number of benzene rings is 1. The Hall–Kier alpha value is -3.74. The van der Waals surface area contributed by atoms with Crippen LogP contribution in [-0.2, 0) is 21.2 Å². The standard InChI is InChI=1S/C24H26N4O3S.C2HF3O2/c1-13-14(2)27-23(26-13)20-10-17(7-8-25-20)18-9-19-12-28(15(3)16-5-6-16)24(29)22(19)21(11-18)32(4,30)31;3-2(4,5)1(6)7/h7-11,15-16H,5-6,12H2,1-4H3,(H,26,27);(H,6,7)/t15-;/m0./s1. The number of pyridine rings is 1. The molecule has 1 aromatic carbocycles. The molecular weight excluding hydrogens is 537 g/mol. The third-order valence-corrected chi connectivity index (χ3v) is 8.02. The van der Waals surface area contributed by atoms with Crippen molar-refractivity contribution >= 4 is 21.7 Å². The lowest BCUT2D eigenvalue weighted by atomic mass is 10.0. The first-order valence-electron chi connectivity index (χ1n) is 12.1. The van der Waals surface area contributed by atoms with Gasteiger partial charge in [0.1, 0.15) is 5.69 Å². The molecule has 3 heterocycles. The zero-order valence-corrected chi connectivity index (χ0v) is 22.4. The molecule has 0 radical (unpaired) electrons. The number of nitrogens with one attached hydrogen (secondary N) is 1. The van der Waals surface area contributed by atoms with Crippen molar-refractivity contribution in [1.82, 2.24) is 19.9 Å². The third-order valence-electron chi connectivity index (χ3n) is 6.90. The molecule has 2 aromatic heterocycles. The number of hydrogen-bond donors (Lipinski definition) is 2. The molecular formula is C26H27F3N4O5S. The van der Waals surface area contributed by atoms with Gasteiger partial charge in [0.25, 0.3) is 5.91 Å². The third kappa shape index (κ3) is 5.97. The minimum atomic E-state index is -5.08. The van der Waals surface area contributed by atoms with Crippen LogP contribution in [0.25, 0.3) is 22.6 Å². The number of hydrogen-bond acceptors (Lipinski definition) is 6. The van der Waals surface area contributed by atoms with E-state index in [0.717, 1.165) is 40.9 Å². The van der Waals surface area contributed by atoms with Gasteiger partial charge in [-0.25, -0.2) is 18.2 Å². The van der Waals surface area contributed by atoms with Crippen LogP contribution in [0.15, 0.2) is 35.4 Å². The molecule has 9 nitrogen and oxygen atoms in total. The lowest BCUT2D eigenvalue weighted by Crippen LogP contribution is -2.35. The fourth-order valence-electron chi connectivity index (χ4n) is 4.47. The van der Waals surface area contributed by atoms with Gasteiger partial charge in [0, 0.05) is 30.7 Å². The highest BCUT2D eigenvalue weighted by molar-refractivity contribution is 7.90. The fraction of sp³-hybridized carbons (Fsp3) is 0.385. The molecule has 5 rings (SSSR count). The first-order valence-corrected chi connectivity index (χ1v) is 13.9. The molecule has 0 bridgehead atoms. The topological polar surface area (TPSA) is 133 Å². The van der Waals surface area contributed by atoms with E-state index in [2.05, 4.69) is 21.9 Å². The highest BCUT2D eigenvalue weighted by Crippen LogP contribution is 2.41. The van der Waals surface area contributed by atoms with Gasteiger partial charge in [0.2, 0.25) is 0 Å². The van der Waals surface area contributed by atoms with Gasteiger partial charge in [-0.1, -0.05) is 0 Å². The van der Waals surface area contributed by atoms with Gasteiger partial charge in [-0.3, -0.25) is 9.78 Å². The number of nitrogens with zero attached hydrogens (tertiary/aromatic N) is 3. The monoisotopic (exact) mass is 564 g/mol. The number of fused-ring (bicyclic) bond motifs is 1. The van der Waals surface area contributed by atoms with Crippen molar-refractivity contribution in [2.24, 2.45) is 5.92 Å². The van der Waals surface area contributed by atoms with Crippen molar-refractivity contribution in [1.29, 1.82) is 0 Å². The summed E-state index contributed by atoms with van der Waals surface area (Å²) in [7, 11) is -3.59. The number of amides is 1. The molecule has 1 fully saturated rings. The SMILES string of the molecule is Cc1nc(-c2cc(-c3cc4c(c(S(C)(=O)=O)c3)C(=O)N([C@@H](C)C3CC3)C4)ccn2)[nH]c1C.O=C(O)C(F)(F)F. The number of sulfone groups is 1. The van der Waals surface area contributed by atoms with Gasteiger partial charge in [-0.2, -0.15) is 13.2 Å². The summed E-state index contributed by atoms with van der Waals surface area (Å²) in [6, 6.07) is 7.42. The number of aromatic nitrogens is 3. The second kappa shape index (κ2) is 10.1. The number of carbonyl (C=O) groups is 2. The van der Waals surface area contributed by atoms with E-state index in [1.807, 2.05) is 36.9 Å². The van der Waals surface area contributed by atoms with E-state index in [-0.39, 0.29) is 16.8 Å². The van der Waals surface area contributed by atoms with Crippen molar-refractivity contribution < 1.29 is 36.3 Å². The second-order valence-electron chi connectivity index (χ2n) is 9.82. The highest BCUT2D eigenvalue weighted by Gasteiger charge is 2.41. The molecule has 0 unspecified atom stereocenters. The summed E-state index contributed by atoms with van der Waals surface area (Å²) in [6.07, 6.45) is 0.0187. The average molecular weight is 565 g/mol. The van der Waals surface area contributed by atoms with Gasteiger partial charge in [0.05, 0.1) is 16.2 Å². The van der Waals surface area contributed by atoms with E-state index in [1.165, 1.54) is 6.26 Å². The number of aromatic amines is 1. The first-order chi connectivity index (χ1) is 18.1. The molecule has 0 spiro atoms. The Balaban J connectivity index is 0.000000448. The van der Waals surface area contributed by atoms with Gasteiger partial charge in [0.15, 0.2) is 15.7 Å². The number of carboxylic acid groups (broad SMARTS) is 1. The smallest absolute Gasteiger partial charge is 0.475 e. The summed E-state index contributed by atoms with van der Waals surface area (Å²) in [5.74, 6) is -1.75. The van der Waals surface area contributed by atoms with Crippen LogP contribution in [0.2, 0.25) is 0 Å². The zero-order chi connectivity index (χ0) is 28.9. The van der Waals surface area contributed by atoms with Crippen molar-refractivity contribution in [2.45, 2.75) is 57.3 Å². The molecule has 1 amide bonds. The van der Waals surface area contributed by atoms with E-state index in [9.17, 15) is 26.4 Å². The van der Waals surface area contributed by atoms with Crippen LogP contribution in [0, 0.1) is 19.8 Å². The maximum Gasteiger partial charge on any atom is 0.490 e. The fourth-order valence-corrected chi connectivity index (χ4v) is 5.40. The first kappa shape index (κ1) is 28.3. The molecule has 1 saturated carbocycles. The van der Waals surface area contributed by atoms with Crippen LogP contribution >= 0.6 is 0 Å². The number of rotatable bonds is 5. The summed E-state index contributed by atoms with van der Waals surface area (Å²) < 4.78 is 57.1. The van der Waals surface area contributed by atoms with Crippen LogP contribution in [-0.4, -0.2) is 63.7 Å². The van der Waals surface area contributed by atoms with E-state index < -0.39 is 22.0 Å². The second-order valence-corrected chi connectivity index (χ2v) is 11.8. The molecule has 0 saturated heterocycles. The number of halogens is 3. The summed E-state index contributed by atoms with van der Waals surface area (Å²) >= 11 is 0. The van der Waals surface area contributed by atoms with Gasteiger partial charge in [-0.15, -0.1) is 0 Å². The maximum atomic E-state index is 13.2. The number of alkyl halides is 3. The lowest BCUT2D eigenvalue weighted by molar-refractivity contribution is -0.192. The number of carboxylic acids is 1. The van der Waals surface area contributed by atoms with Crippen molar-refractivity contribution in [3.05, 3.63) is 53.0 Å². The van der Waals surface area contributed by atoms with Crippen LogP contribution in [0.3, 0.4) is 0 Å². The number of aryl methyl sites for hydroxylation is 2. The molecule has 3 aromatic rings. The minimum Gasteiger partial charge on any atom is -0.475 e. The quantitative estimate of drug-likeness (QED) is 0.465. The Labute approximate surface area is 223 Å². The van der Waals surface area contributed by atoms with Crippen molar-refractivity contribution in [2.75, 3.05) is 6.26 Å². The summed E-state index contributed by atoms with van der Waals surface area (Å²) in [4.78, 5) is 36.2. The van der Waals surface area contributed by atoms with Crippen LogP contribution < -0.4 is 0 Å². The Morgan fingerprint density at radius 3 is 2.33 bits per heavy atom. The van der Waals surface area contributed by atoms with Crippen molar-refractivity contribution in [3.63, 3.8) is 0 Å². The lowest BCUT2D eigenvalue weighted by Gasteiger charge is -2.24. The molecule has 1 atom stereocenters. The van der Waals surface area contributed by atoms with Gasteiger partial charge >= 0.3 is 12.1 Å². The Bertz CT molecular complexity index is 1540. The summed E-state index contributed by atoms with van der Waals surface area (Å²) in [6.45, 7) is 6.39. The molecule has 208 valence electrons. The van der Waals surface area contributed by atoms with Crippen LogP contribution in [0.4, 0.5) is 13.2 Å². The number of aliphatic carboxylic acids is 1. The molecule has 39 heavy (non-hydrogen) atoms. The number of carbonyl (C=O) groups excluding carboxylic acids is 1. The average Bonchev–Trinajstić information content (AvgIpc) is 3.58. The largest absolute Gasteiger partial charge is 0.490 e. The molecule has 1 aliphatic carbocycles. The summed E-state index contributed by atoms with van der Waals surface area (Å²) in [5, 5.41) is 7.12. The zero-order valence-electron chi connectivity index (χ0n) is 21.6. The van der Waals surface area contributed by atoms with Gasteiger partial charge in [-0.05, 0) is 80.5 Å². The van der Waals surface area contributed by atoms with E-state index in [4.69, 9.17) is 9.90 Å². The van der Waals surface area contributed by atoms with E-state index in [1.54, 1.807) is 12.3 Å². The Morgan fingerprint density at radius 2 is 1.82 bits per heavy atom. The van der Waals surface area contributed by atoms with Gasteiger partial charge < -0.3 is 15.0 Å². The van der Waals surface area contributed by atoms with E-state index >= 15 is 0 Å². The number of H-pyrrole nitrogens is 1. The van der Waals surface area contributed by atoms with Crippen LogP contribution in [0.1, 0.15) is 47.1 Å². The highest BCUT2D eigenvalue weighted by atomic mass is 32.2. The predicted molar refractivity (Wildman–Crippen MR) is 136 cm³/mol. The normalized spacial score (nSPS) is 16.0. The van der Waals surface area contributed by atoms with E-state index in [0.29, 0.717) is 29.5 Å². The van der Waals surface area contributed by atoms with Crippen molar-refractivity contribution in [3.8, 4) is 22.6 Å². The Kier molecular flexibility index (Phi) is 7.32. The molecule has 1 aliphatic heterocycles.